The quantitative estimate of drug-likeness (QED) is 0.753. The summed E-state index contributed by atoms with van der Waals surface area (Å²) in [5, 5.41) is 1.39. The number of pyridine rings is 1. The molecule has 0 bridgehead atoms. The lowest BCUT2D eigenvalue weighted by molar-refractivity contribution is -0.144. The first-order valence-corrected chi connectivity index (χ1v) is 5.86. The van der Waals surface area contributed by atoms with Gasteiger partial charge in [0.2, 0.25) is 0 Å². The van der Waals surface area contributed by atoms with E-state index in [2.05, 4.69) is 15.0 Å². The minimum Gasteiger partial charge on any atom is -0.271 e. The second kappa shape index (κ2) is 4.66. The fraction of sp³-hybridized carbons (Fsp3) is 0.333. The summed E-state index contributed by atoms with van der Waals surface area (Å²) in [7, 11) is 0. The van der Waals surface area contributed by atoms with Crippen LogP contribution >= 0.6 is 0 Å². The molecule has 1 aliphatic rings. The highest BCUT2D eigenvalue weighted by molar-refractivity contribution is 5.95. The Morgan fingerprint density at radius 2 is 2.11 bits per heavy atom. The van der Waals surface area contributed by atoms with E-state index in [4.69, 9.17) is 4.84 Å². The van der Waals surface area contributed by atoms with Gasteiger partial charge in [-0.25, -0.2) is 15.0 Å². The monoisotopic (exact) mass is 244 g/mol. The van der Waals surface area contributed by atoms with E-state index in [0.29, 0.717) is 29.9 Å². The molecule has 6 nitrogen and oxygen atoms in total. The summed E-state index contributed by atoms with van der Waals surface area (Å²) in [5.74, 6) is -0.172. The topological polar surface area (TPSA) is 68.2 Å². The number of hydroxylamine groups is 2. The molecular formula is C12H12N4O2. The molecule has 0 radical (unpaired) electrons. The van der Waals surface area contributed by atoms with Crippen molar-refractivity contribution in [1.82, 2.24) is 20.0 Å². The molecule has 1 amide bonds. The average molecular weight is 244 g/mol. The van der Waals surface area contributed by atoms with Gasteiger partial charge < -0.3 is 0 Å². The summed E-state index contributed by atoms with van der Waals surface area (Å²) in [6.07, 6.45) is 6.62. The SMILES string of the molecule is O=C(c1cnc2nccnc2c1)N1CCCCO1. The van der Waals surface area contributed by atoms with Crippen LogP contribution < -0.4 is 0 Å². The minimum absolute atomic E-state index is 0.172. The number of amides is 1. The van der Waals surface area contributed by atoms with E-state index in [9.17, 15) is 4.79 Å². The zero-order chi connectivity index (χ0) is 12.4. The standard InChI is InChI=1S/C12H12N4O2/c17-12(16-5-1-2-6-18-16)9-7-10-11(15-8-9)14-4-3-13-10/h3-4,7-8H,1-2,5-6H2. The lowest BCUT2D eigenvalue weighted by atomic mass is 10.2. The molecule has 2 aromatic heterocycles. The molecule has 1 aliphatic heterocycles. The number of carbonyl (C=O) groups excluding carboxylic acids is 1. The van der Waals surface area contributed by atoms with Crippen LogP contribution in [0.2, 0.25) is 0 Å². The highest BCUT2D eigenvalue weighted by atomic mass is 16.7. The van der Waals surface area contributed by atoms with Crippen LogP contribution in [0.3, 0.4) is 0 Å². The molecule has 3 heterocycles. The van der Waals surface area contributed by atoms with Crippen LogP contribution in [0.15, 0.2) is 24.7 Å². The van der Waals surface area contributed by atoms with Gasteiger partial charge in [-0.2, -0.15) is 0 Å². The van der Waals surface area contributed by atoms with E-state index in [1.807, 2.05) is 0 Å². The summed E-state index contributed by atoms with van der Waals surface area (Å²) in [4.78, 5) is 29.8. The summed E-state index contributed by atoms with van der Waals surface area (Å²) in [6, 6.07) is 1.69. The Kier molecular flexibility index (Phi) is 2.85. The van der Waals surface area contributed by atoms with Gasteiger partial charge in [-0.3, -0.25) is 14.6 Å². The van der Waals surface area contributed by atoms with Crippen molar-refractivity contribution in [2.45, 2.75) is 12.8 Å². The molecule has 1 fully saturated rings. The van der Waals surface area contributed by atoms with Crippen LogP contribution in [0, 0.1) is 0 Å². The third-order valence-corrected chi connectivity index (χ3v) is 2.80. The first-order chi connectivity index (χ1) is 8.84. The Morgan fingerprint density at radius 3 is 2.94 bits per heavy atom. The van der Waals surface area contributed by atoms with Gasteiger partial charge in [0.1, 0.15) is 5.52 Å². The minimum atomic E-state index is -0.172. The zero-order valence-corrected chi connectivity index (χ0v) is 9.74. The van der Waals surface area contributed by atoms with Crippen LogP contribution in [-0.4, -0.2) is 39.1 Å². The number of aromatic nitrogens is 3. The number of rotatable bonds is 1. The van der Waals surface area contributed by atoms with Crippen LogP contribution in [-0.2, 0) is 4.84 Å². The number of hydrogen-bond acceptors (Lipinski definition) is 5. The lowest BCUT2D eigenvalue weighted by Crippen LogP contribution is -2.35. The predicted octanol–water partition coefficient (Wildman–Crippen LogP) is 1.19. The van der Waals surface area contributed by atoms with Gasteiger partial charge in [0.15, 0.2) is 5.65 Å². The van der Waals surface area contributed by atoms with Crippen molar-refractivity contribution in [3.05, 3.63) is 30.2 Å². The Labute approximate surface area is 104 Å². The summed E-state index contributed by atoms with van der Waals surface area (Å²) < 4.78 is 0. The molecule has 0 N–H and O–H groups in total. The number of hydrogen-bond donors (Lipinski definition) is 0. The number of fused-ring (bicyclic) bond motifs is 1. The molecular weight excluding hydrogens is 232 g/mol. The number of carbonyl (C=O) groups is 1. The average Bonchev–Trinajstić information content (AvgIpc) is 2.47. The van der Waals surface area contributed by atoms with Crippen molar-refractivity contribution in [3.8, 4) is 0 Å². The van der Waals surface area contributed by atoms with Gasteiger partial charge in [-0.05, 0) is 18.9 Å². The molecule has 0 spiro atoms. The molecule has 0 unspecified atom stereocenters. The van der Waals surface area contributed by atoms with E-state index < -0.39 is 0 Å². The van der Waals surface area contributed by atoms with E-state index in [-0.39, 0.29) is 5.91 Å². The molecule has 18 heavy (non-hydrogen) atoms. The second-order valence-electron chi connectivity index (χ2n) is 4.07. The van der Waals surface area contributed by atoms with Crippen molar-refractivity contribution in [1.29, 1.82) is 0 Å². The van der Waals surface area contributed by atoms with Crippen LogP contribution in [0.4, 0.5) is 0 Å². The maximum absolute atomic E-state index is 12.2. The maximum Gasteiger partial charge on any atom is 0.279 e. The smallest absolute Gasteiger partial charge is 0.271 e. The molecule has 1 saturated heterocycles. The predicted molar refractivity (Wildman–Crippen MR) is 63.6 cm³/mol. The van der Waals surface area contributed by atoms with Gasteiger partial charge in [0, 0.05) is 25.1 Å². The van der Waals surface area contributed by atoms with E-state index in [1.165, 1.54) is 11.3 Å². The van der Waals surface area contributed by atoms with Crippen LogP contribution in [0.1, 0.15) is 23.2 Å². The van der Waals surface area contributed by atoms with Crippen LogP contribution in [0.5, 0.6) is 0 Å². The van der Waals surface area contributed by atoms with Gasteiger partial charge >= 0.3 is 0 Å². The zero-order valence-electron chi connectivity index (χ0n) is 9.74. The molecule has 6 heteroatoms. The third-order valence-electron chi connectivity index (χ3n) is 2.80. The summed E-state index contributed by atoms with van der Waals surface area (Å²) >= 11 is 0. The third kappa shape index (κ3) is 2.02. The molecule has 2 aromatic rings. The fourth-order valence-electron chi connectivity index (χ4n) is 1.88. The van der Waals surface area contributed by atoms with Gasteiger partial charge in [0.05, 0.1) is 12.2 Å². The Morgan fingerprint density at radius 1 is 1.22 bits per heavy atom. The van der Waals surface area contributed by atoms with E-state index in [1.54, 1.807) is 18.5 Å². The highest BCUT2D eigenvalue weighted by Crippen LogP contribution is 2.13. The van der Waals surface area contributed by atoms with Crippen molar-refractivity contribution >= 4 is 17.1 Å². The lowest BCUT2D eigenvalue weighted by Gasteiger charge is -2.25. The summed E-state index contributed by atoms with van der Waals surface area (Å²) in [5.41, 5.74) is 1.62. The van der Waals surface area contributed by atoms with Crippen molar-refractivity contribution in [2.24, 2.45) is 0 Å². The van der Waals surface area contributed by atoms with Crippen molar-refractivity contribution in [3.63, 3.8) is 0 Å². The van der Waals surface area contributed by atoms with Gasteiger partial charge in [0.25, 0.3) is 5.91 Å². The van der Waals surface area contributed by atoms with Crippen molar-refractivity contribution < 1.29 is 9.63 Å². The maximum atomic E-state index is 12.2. The largest absolute Gasteiger partial charge is 0.279 e. The number of nitrogens with zero attached hydrogens (tertiary/aromatic N) is 4. The van der Waals surface area contributed by atoms with Crippen LogP contribution in [0.25, 0.3) is 11.2 Å². The molecule has 0 saturated carbocycles. The van der Waals surface area contributed by atoms with E-state index >= 15 is 0 Å². The Balaban J connectivity index is 1.91. The summed E-state index contributed by atoms with van der Waals surface area (Å²) in [6.45, 7) is 1.21. The van der Waals surface area contributed by atoms with Crippen molar-refractivity contribution in [2.75, 3.05) is 13.2 Å². The fourth-order valence-corrected chi connectivity index (χ4v) is 1.88. The molecule has 0 aliphatic carbocycles. The highest BCUT2D eigenvalue weighted by Gasteiger charge is 2.20. The molecule has 3 rings (SSSR count). The normalized spacial score (nSPS) is 15.9. The molecule has 0 atom stereocenters. The molecule has 92 valence electrons. The van der Waals surface area contributed by atoms with Gasteiger partial charge in [-0.15, -0.1) is 0 Å². The first-order valence-electron chi connectivity index (χ1n) is 5.86. The van der Waals surface area contributed by atoms with Gasteiger partial charge in [-0.1, -0.05) is 0 Å². The first kappa shape index (κ1) is 11.0. The second-order valence-corrected chi connectivity index (χ2v) is 4.07. The Bertz CT molecular complexity index is 581. The molecule has 0 aromatic carbocycles. The Hall–Kier alpha value is -2.08. The van der Waals surface area contributed by atoms with E-state index in [0.717, 1.165) is 12.8 Å².